The van der Waals surface area contributed by atoms with Crippen LogP contribution in [0, 0.1) is 18.6 Å². The topological polar surface area (TPSA) is 15.8 Å². The van der Waals surface area contributed by atoms with Crippen molar-refractivity contribution in [2.24, 2.45) is 0 Å². The van der Waals surface area contributed by atoms with Crippen molar-refractivity contribution in [2.45, 2.75) is 6.92 Å². The number of nitrogens with one attached hydrogen (secondary N) is 1. The number of aromatic nitrogens is 1. The van der Waals surface area contributed by atoms with E-state index < -0.39 is 11.6 Å². The number of aryl methyl sites for hydroxylation is 1. The van der Waals surface area contributed by atoms with Crippen LogP contribution in [0.25, 0.3) is 10.9 Å². The van der Waals surface area contributed by atoms with Gasteiger partial charge in [-0.15, -0.1) is 0 Å². The van der Waals surface area contributed by atoms with Crippen LogP contribution in [0.4, 0.5) is 8.78 Å². The van der Waals surface area contributed by atoms with E-state index in [2.05, 4.69) is 4.98 Å². The van der Waals surface area contributed by atoms with E-state index in [-0.39, 0.29) is 5.52 Å². The van der Waals surface area contributed by atoms with Gasteiger partial charge in [0.25, 0.3) is 0 Å². The molecule has 0 radical (unpaired) electrons. The van der Waals surface area contributed by atoms with Crippen molar-refractivity contribution in [1.29, 1.82) is 0 Å². The number of hydrogen-bond donors (Lipinski definition) is 1. The van der Waals surface area contributed by atoms with E-state index in [0.717, 1.165) is 17.8 Å². The molecule has 1 aromatic heterocycles. The van der Waals surface area contributed by atoms with Gasteiger partial charge in [-0.2, -0.15) is 0 Å². The summed E-state index contributed by atoms with van der Waals surface area (Å²) in [7, 11) is 0. The molecule has 0 atom stereocenters. The van der Waals surface area contributed by atoms with Crippen LogP contribution >= 0.6 is 0 Å². The molecule has 2 rings (SSSR count). The largest absolute Gasteiger partial charge is 0.356 e. The molecule has 3 heteroatoms. The van der Waals surface area contributed by atoms with Gasteiger partial charge in [-0.3, -0.25) is 0 Å². The fraction of sp³-hybridized carbons (Fsp3) is 0.111. The second-order valence-electron chi connectivity index (χ2n) is 2.77. The van der Waals surface area contributed by atoms with E-state index in [1.807, 2.05) is 0 Å². The minimum absolute atomic E-state index is 0.243. The van der Waals surface area contributed by atoms with Gasteiger partial charge in [0.1, 0.15) is 11.6 Å². The predicted octanol–water partition coefficient (Wildman–Crippen LogP) is 2.75. The maximum absolute atomic E-state index is 13.0. The molecule has 0 saturated carbocycles. The Bertz CT molecular complexity index is 392. The molecule has 62 valence electrons. The summed E-state index contributed by atoms with van der Waals surface area (Å²) in [5, 5.41) is 0.313. The standard InChI is InChI=1S/C9H7F2N/c1-5-4-6-7(10)2-3-8(11)9(6)12-5/h2-4,12H,1H3. The Morgan fingerprint density at radius 3 is 2.50 bits per heavy atom. The van der Waals surface area contributed by atoms with Crippen molar-refractivity contribution in [3.63, 3.8) is 0 Å². The van der Waals surface area contributed by atoms with Crippen LogP contribution in [0.1, 0.15) is 5.69 Å². The first-order valence-electron chi connectivity index (χ1n) is 3.62. The molecule has 1 aromatic carbocycles. The third kappa shape index (κ3) is 0.897. The van der Waals surface area contributed by atoms with Gasteiger partial charge in [-0.25, -0.2) is 8.78 Å². The third-order valence-electron chi connectivity index (χ3n) is 1.82. The summed E-state index contributed by atoms with van der Waals surface area (Å²) in [6, 6.07) is 3.84. The fourth-order valence-corrected chi connectivity index (χ4v) is 1.29. The summed E-state index contributed by atoms with van der Waals surface area (Å²) in [6.45, 7) is 1.76. The maximum atomic E-state index is 13.0. The highest BCUT2D eigenvalue weighted by Gasteiger charge is 2.07. The molecule has 0 amide bonds. The van der Waals surface area contributed by atoms with Gasteiger partial charge in [0, 0.05) is 11.1 Å². The third-order valence-corrected chi connectivity index (χ3v) is 1.82. The molecule has 0 spiro atoms. The van der Waals surface area contributed by atoms with Crippen molar-refractivity contribution in [3.8, 4) is 0 Å². The first kappa shape index (κ1) is 7.28. The first-order chi connectivity index (χ1) is 5.68. The van der Waals surface area contributed by atoms with Crippen molar-refractivity contribution in [1.82, 2.24) is 4.98 Å². The number of halogens is 2. The molecule has 0 fully saturated rings. The normalized spacial score (nSPS) is 10.9. The SMILES string of the molecule is Cc1cc2c(F)ccc(F)c2[nH]1. The minimum Gasteiger partial charge on any atom is -0.356 e. The van der Waals surface area contributed by atoms with E-state index in [1.165, 1.54) is 0 Å². The highest BCUT2D eigenvalue weighted by atomic mass is 19.1. The van der Waals surface area contributed by atoms with Gasteiger partial charge in [0.2, 0.25) is 0 Å². The summed E-state index contributed by atoms with van der Waals surface area (Å²) >= 11 is 0. The maximum Gasteiger partial charge on any atom is 0.147 e. The van der Waals surface area contributed by atoms with Gasteiger partial charge in [-0.05, 0) is 25.1 Å². The molecule has 0 aliphatic carbocycles. The number of aromatic amines is 1. The van der Waals surface area contributed by atoms with Crippen LogP contribution in [0.15, 0.2) is 18.2 Å². The zero-order chi connectivity index (χ0) is 8.72. The van der Waals surface area contributed by atoms with Gasteiger partial charge in [-0.1, -0.05) is 0 Å². The average Bonchev–Trinajstić information content (AvgIpc) is 2.41. The van der Waals surface area contributed by atoms with E-state index >= 15 is 0 Å². The zero-order valence-corrected chi connectivity index (χ0v) is 6.49. The summed E-state index contributed by atoms with van der Waals surface area (Å²) in [5.41, 5.74) is 1.00. The lowest BCUT2D eigenvalue weighted by molar-refractivity contribution is 0.616. The van der Waals surface area contributed by atoms with Crippen molar-refractivity contribution < 1.29 is 8.78 Å². The van der Waals surface area contributed by atoms with Gasteiger partial charge in [0.05, 0.1) is 5.52 Å². The highest BCUT2D eigenvalue weighted by Crippen LogP contribution is 2.20. The monoisotopic (exact) mass is 167 g/mol. The van der Waals surface area contributed by atoms with Crippen molar-refractivity contribution in [2.75, 3.05) is 0 Å². The zero-order valence-electron chi connectivity index (χ0n) is 6.49. The first-order valence-corrected chi connectivity index (χ1v) is 3.62. The molecule has 12 heavy (non-hydrogen) atoms. The smallest absolute Gasteiger partial charge is 0.147 e. The Balaban J connectivity index is 2.93. The summed E-state index contributed by atoms with van der Waals surface area (Å²) in [4.78, 5) is 2.75. The summed E-state index contributed by atoms with van der Waals surface area (Å²) in [6.07, 6.45) is 0. The van der Waals surface area contributed by atoms with Crippen LogP contribution in [-0.2, 0) is 0 Å². The second-order valence-corrected chi connectivity index (χ2v) is 2.77. The molecule has 1 heterocycles. The molecular weight excluding hydrogens is 160 g/mol. The van der Waals surface area contributed by atoms with E-state index in [4.69, 9.17) is 0 Å². The molecule has 0 aliphatic heterocycles. The van der Waals surface area contributed by atoms with Crippen molar-refractivity contribution >= 4 is 10.9 Å². The van der Waals surface area contributed by atoms with Gasteiger partial charge >= 0.3 is 0 Å². The lowest BCUT2D eigenvalue weighted by Crippen LogP contribution is -1.80. The lowest BCUT2D eigenvalue weighted by atomic mass is 10.2. The second kappa shape index (κ2) is 2.30. The Morgan fingerprint density at radius 1 is 1.17 bits per heavy atom. The number of hydrogen-bond acceptors (Lipinski definition) is 0. The van der Waals surface area contributed by atoms with E-state index in [1.54, 1.807) is 13.0 Å². The lowest BCUT2D eigenvalue weighted by Gasteiger charge is -1.92. The molecule has 0 saturated heterocycles. The summed E-state index contributed by atoms with van der Waals surface area (Å²) in [5.74, 6) is -0.810. The Hall–Kier alpha value is -1.38. The van der Waals surface area contributed by atoms with Gasteiger partial charge < -0.3 is 4.98 Å². The molecule has 1 N–H and O–H groups in total. The quantitative estimate of drug-likeness (QED) is 0.621. The number of fused-ring (bicyclic) bond motifs is 1. The number of rotatable bonds is 0. The molecule has 0 unspecified atom stereocenters. The fourth-order valence-electron chi connectivity index (χ4n) is 1.29. The van der Waals surface area contributed by atoms with Crippen LogP contribution in [0.3, 0.4) is 0 Å². The molecule has 1 nitrogen and oxygen atoms in total. The average molecular weight is 167 g/mol. The van der Waals surface area contributed by atoms with Crippen LogP contribution in [0.2, 0.25) is 0 Å². The highest BCUT2D eigenvalue weighted by molar-refractivity contribution is 5.81. The van der Waals surface area contributed by atoms with E-state index in [9.17, 15) is 8.78 Å². The molecule has 0 aliphatic rings. The van der Waals surface area contributed by atoms with Crippen molar-refractivity contribution in [3.05, 3.63) is 35.5 Å². The minimum atomic E-state index is -0.417. The molecule has 2 aromatic rings. The Labute approximate surface area is 68.0 Å². The molecule has 0 bridgehead atoms. The Morgan fingerprint density at radius 2 is 1.83 bits per heavy atom. The van der Waals surface area contributed by atoms with Crippen LogP contribution in [0.5, 0.6) is 0 Å². The summed E-state index contributed by atoms with van der Waals surface area (Å²) < 4.78 is 26.0. The number of H-pyrrole nitrogens is 1. The van der Waals surface area contributed by atoms with Crippen LogP contribution in [-0.4, -0.2) is 4.98 Å². The molecular formula is C9H7F2N. The van der Waals surface area contributed by atoms with Crippen LogP contribution < -0.4 is 0 Å². The predicted molar refractivity (Wildman–Crippen MR) is 43.0 cm³/mol. The Kier molecular flexibility index (Phi) is 1.40. The van der Waals surface area contributed by atoms with E-state index in [0.29, 0.717) is 5.39 Å². The van der Waals surface area contributed by atoms with Gasteiger partial charge in [0.15, 0.2) is 0 Å². The number of benzene rings is 1.